The van der Waals surface area contributed by atoms with E-state index in [2.05, 4.69) is 46.8 Å². The lowest BCUT2D eigenvalue weighted by Gasteiger charge is -2.33. The number of methoxy groups -OCH3 is 1. The molecule has 2 heteroatoms. The van der Waals surface area contributed by atoms with Gasteiger partial charge in [0.05, 0.1) is 7.11 Å². The van der Waals surface area contributed by atoms with E-state index < -0.39 is 0 Å². The Bertz CT molecular complexity index is 411. The summed E-state index contributed by atoms with van der Waals surface area (Å²) in [5.41, 5.74) is 10.2. The highest BCUT2D eigenvalue weighted by atomic mass is 16.5. The maximum Gasteiger partial charge on any atom is 0.122 e. The van der Waals surface area contributed by atoms with Gasteiger partial charge >= 0.3 is 0 Å². The standard InChI is InChI=1S/C17H29NO/c1-7-17(8-2,11-18)15-10-14(12(3)4)16(19-6)9-13(15)5/h9-10,12H,7-8,11,18H2,1-6H3. The molecule has 0 aliphatic carbocycles. The minimum Gasteiger partial charge on any atom is -0.496 e. The van der Waals surface area contributed by atoms with Crippen molar-refractivity contribution in [3.8, 4) is 5.75 Å². The third-order valence-electron chi connectivity index (χ3n) is 4.51. The van der Waals surface area contributed by atoms with E-state index in [-0.39, 0.29) is 5.41 Å². The molecule has 0 saturated carbocycles. The van der Waals surface area contributed by atoms with E-state index in [4.69, 9.17) is 10.5 Å². The SMILES string of the molecule is CCC(CC)(CN)c1cc(C(C)C)c(OC)cc1C. The molecule has 1 rings (SSSR count). The minimum atomic E-state index is 0.0972. The van der Waals surface area contributed by atoms with E-state index in [0.717, 1.165) is 18.6 Å². The molecule has 0 amide bonds. The van der Waals surface area contributed by atoms with Crippen LogP contribution in [0, 0.1) is 6.92 Å². The van der Waals surface area contributed by atoms with Crippen LogP contribution in [0.2, 0.25) is 0 Å². The van der Waals surface area contributed by atoms with Crippen molar-refractivity contribution in [1.29, 1.82) is 0 Å². The van der Waals surface area contributed by atoms with Crippen molar-refractivity contribution in [2.45, 2.75) is 58.8 Å². The Hall–Kier alpha value is -1.02. The van der Waals surface area contributed by atoms with Crippen molar-refractivity contribution >= 4 is 0 Å². The van der Waals surface area contributed by atoms with Gasteiger partial charge in [0, 0.05) is 12.0 Å². The molecule has 108 valence electrons. The van der Waals surface area contributed by atoms with Gasteiger partial charge in [0.25, 0.3) is 0 Å². The lowest BCUT2D eigenvalue weighted by atomic mass is 9.73. The number of hydrogen-bond donors (Lipinski definition) is 1. The van der Waals surface area contributed by atoms with Crippen LogP contribution >= 0.6 is 0 Å². The van der Waals surface area contributed by atoms with E-state index in [1.165, 1.54) is 16.7 Å². The Kier molecular flexibility index (Phi) is 5.42. The monoisotopic (exact) mass is 263 g/mol. The molecule has 0 spiro atoms. The van der Waals surface area contributed by atoms with Crippen LogP contribution in [-0.2, 0) is 5.41 Å². The minimum absolute atomic E-state index is 0.0972. The van der Waals surface area contributed by atoms with E-state index in [9.17, 15) is 0 Å². The topological polar surface area (TPSA) is 35.2 Å². The van der Waals surface area contributed by atoms with Crippen LogP contribution < -0.4 is 10.5 Å². The van der Waals surface area contributed by atoms with Crippen molar-refractivity contribution in [3.05, 3.63) is 28.8 Å². The molecule has 0 saturated heterocycles. The van der Waals surface area contributed by atoms with Crippen molar-refractivity contribution in [3.63, 3.8) is 0 Å². The van der Waals surface area contributed by atoms with Gasteiger partial charge in [-0.3, -0.25) is 0 Å². The Labute approximate surface area is 118 Å². The summed E-state index contributed by atoms with van der Waals surface area (Å²) in [6.45, 7) is 11.7. The second-order valence-electron chi connectivity index (χ2n) is 5.76. The average Bonchev–Trinajstić information content (AvgIpc) is 2.41. The summed E-state index contributed by atoms with van der Waals surface area (Å²) in [4.78, 5) is 0. The summed E-state index contributed by atoms with van der Waals surface area (Å²) in [5, 5.41) is 0. The van der Waals surface area contributed by atoms with Gasteiger partial charge in [-0.05, 0) is 48.4 Å². The number of benzene rings is 1. The molecule has 0 aromatic heterocycles. The van der Waals surface area contributed by atoms with Gasteiger partial charge in [0.1, 0.15) is 5.75 Å². The highest BCUT2D eigenvalue weighted by Crippen LogP contribution is 2.38. The number of rotatable bonds is 6. The molecular formula is C17H29NO. The van der Waals surface area contributed by atoms with Gasteiger partial charge in [0.15, 0.2) is 0 Å². The molecule has 0 radical (unpaired) electrons. The van der Waals surface area contributed by atoms with Gasteiger partial charge in [-0.2, -0.15) is 0 Å². The molecule has 0 aliphatic rings. The zero-order chi connectivity index (χ0) is 14.6. The quantitative estimate of drug-likeness (QED) is 0.837. The maximum atomic E-state index is 6.10. The van der Waals surface area contributed by atoms with Crippen molar-refractivity contribution in [1.82, 2.24) is 0 Å². The van der Waals surface area contributed by atoms with Crippen LogP contribution in [0.25, 0.3) is 0 Å². The van der Waals surface area contributed by atoms with Gasteiger partial charge in [-0.1, -0.05) is 33.8 Å². The molecule has 1 aromatic carbocycles. The number of hydrogen-bond acceptors (Lipinski definition) is 2. The second kappa shape index (κ2) is 6.42. The second-order valence-corrected chi connectivity index (χ2v) is 5.76. The third-order valence-corrected chi connectivity index (χ3v) is 4.51. The Morgan fingerprint density at radius 1 is 1.21 bits per heavy atom. The first-order valence-electron chi connectivity index (χ1n) is 7.34. The first kappa shape index (κ1) is 16.0. The molecule has 0 heterocycles. The summed E-state index contributed by atoms with van der Waals surface area (Å²) in [6.07, 6.45) is 2.15. The normalized spacial score (nSPS) is 12.0. The van der Waals surface area contributed by atoms with Crippen LogP contribution in [0.3, 0.4) is 0 Å². The largest absolute Gasteiger partial charge is 0.496 e. The van der Waals surface area contributed by atoms with Crippen molar-refractivity contribution in [2.24, 2.45) is 5.73 Å². The van der Waals surface area contributed by atoms with Gasteiger partial charge in [-0.25, -0.2) is 0 Å². The van der Waals surface area contributed by atoms with E-state index in [1.807, 2.05) is 0 Å². The fraction of sp³-hybridized carbons (Fsp3) is 0.647. The summed E-state index contributed by atoms with van der Waals surface area (Å²) in [5.74, 6) is 1.45. The van der Waals surface area contributed by atoms with E-state index in [0.29, 0.717) is 12.5 Å². The number of ether oxygens (including phenoxy) is 1. The zero-order valence-electron chi connectivity index (χ0n) is 13.3. The predicted molar refractivity (Wildman–Crippen MR) is 83.1 cm³/mol. The number of aryl methyl sites for hydroxylation is 1. The Morgan fingerprint density at radius 3 is 2.16 bits per heavy atom. The zero-order valence-corrected chi connectivity index (χ0v) is 13.3. The highest BCUT2D eigenvalue weighted by Gasteiger charge is 2.29. The molecule has 0 aliphatic heterocycles. The molecule has 0 atom stereocenters. The fourth-order valence-corrected chi connectivity index (χ4v) is 2.93. The molecule has 0 unspecified atom stereocenters. The molecule has 2 nitrogen and oxygen atoms in total. The smallest absolute Gasteiger partial charge is 0.122 e. The van der Waals surface area contributed by atoms with E-state index in [1.54, 1.807) is 7.11 Å². The van der Waals surface area contributed by atoms with Crippen molar-refractivity contribution in [2.75, 3.05) is 13.7 Å². The summed E-state index contributed by atoms with van der Waals surface area (Å²) < 4.78 is 5.52. The van der Waals surface area contributed by atoms with Crippen LogP contribution in [0.4, 0.5) is 0 Å². The van der Waals surface area contributed by atoms with Crippen LogP contribution in [0.1, 0.15) is 63.1 Å². The Balaban J connectivity index is 3.47. The molecular weight excluding hydrogens is 234 g/mol. The first-order chi connectivity index (χ1) is 8.95. The van der Waals surface area contributed by atoms with E-state index >= 15 is 0 Å². The molecule has 1 aromatic rings. The molecule has 2 N–H and O–H groups in total. The lowest BCUT2D eigenvalue weighted by molar-refractivity contribution is 0.394. The summed E-state index contributed by atoms with van der Waals surface area (Å²) in [7, 11) is 1.75. The van der Waals surface area contributed by atoms with Crippen LogP contribution in [0.5, 0.6) is 5.75 Å². The third kappa shape index (κ3) is 2.94. The van der Waals surface area contributed by atoms with Gasteiger partial charge in [0.2, 0.25) is 0 Å². The summed E-state index contributed by atoms with van der Waals surface area (Å²) in [6, 6.07) is 4.49. The Morgan fingerprint density at radius 2 is 1.79 bits per heavy atom. The lowest BCUT2D eigenvalue weighted by Crippen LogP contribution is -2.34. The molecule has 0 fully saturated rings. The maximum absolute atomic E-state index is 6.10. The highest BCUT2D eigenvalue weighted by molar-refractivity contribution is 5.47. The van der Waals surface area contributed by atoms with Gasteiger partial charge in [-0.15, -0.1) is 0 Å². The van der Waals surface area contributed by atoms with Gasteiger partial charge < -0.3 is 10.5 Å². The fourth-order valence-electron chi connectivity index (χ4n) is 2.93. The predicted octanol–water partition coefficient (Wildman–Crippen LogP) is 4.14. The molecule has 19 heavy (non-hydrogen) atoms. The average molecular weight is 263 g/mol. The molecule has 0 bridgehead atoms. The summed E-state index contributed by atoms with van der Waals surface area (Å²) >= 11 is 0. The van der Waals surface area contributed by atoms with Crippen molar-refractivity contribution < 1.29 is 4.74 Å². The number of nitrogens with two attached hydrogens (primary N) is 1. The van der Waals surface area contributed by atoms with Crippen LogP contribution in [-0.4, -0.2) is 13.7 Å². The van der Waals surface area contributed by atoms with Crippen LogP contribution in [0.15, 0.2) is 12.1 Å². The first-order valence-corrected chi connectivity index (χ1v) is 7.34.